The number of carbonyl (C=O) groups is 4. The van der Waals surface area contributed by atoms with Crippen LogP contribution in [-0.4, -0.2) is 59.4 Å². The molecule has 0 saturated heterocycles. The number of amides is 3. The van der Waals surface area contributed by atoms with Crippen molar-refractivity contribution in [1.29, 1.82) is 0 Å². The van der Waals surface area contributed by atoms with Crippen molar-refractivity contribution in [3.63, 3.8) is 0 Å². The van der Waals surface area contributed by atoms with Gasteiger partial charge in [-0.3, -0.25) is 14.4 Å². The van der Waals surface area contributed by atoms with Crippen molar-refractivity contribution in [3.8, 4) is 0 Å². The minimum atomic E-state index is -1.25. The number of carbonyl (C=O) groups excluding carboxylic acids is 3. The predicted octanol–water partition coefficient (Wildman–Crippen LogP) is 1.34. The minimum absolute atomic E-state index is 0.0350. The Morgan fingerprint density at radius 2 is 1.65 bits per heavy atom. The molecule has 3 amide bonds. The quantitative estimate of drug-likeness (QED) is 0.190. The van der Waals surface area contributed by atoms with E-state index in [1.54, 1.807) is 0 Å². The molecule has 1 rings (SSSR count). The van der Waals surface area contributed by atoms with Crippen LogP contribution in [0.1, 0.15) is 32.3 Å². The van der Waals surface area contributed by atoms with Crippen LogP contribution in [0.2, 0.25) is 0 Å². The SMILES string of the molecule is CSCC[C@H](NC=O)C(=O)[15NH][C@@H](CC(C)C)[13C](=O)N[C@@H](Cc1ccc([19F])cc1)C(=O)O. The fourth-order valence-corrected chi connectivity index (χ4v) is 3.38. The molecule has 31 heavy (non-hydrogen) atoms. The van der Waals surface area contributed by atoms with E-state index in [0.717, 1.165) is 0 Å². The number of carboxylic acids is 1. The van der Waals surface area contributed by atoms with Gasteiger partial charge in [0.2, 0.25) is 18.2 Å². The molecular weight excluding hydrogens is 427 g/mol. The molecule has 0 aliphatic carbocycles. The number of thioether (sulfide) groups is 1. The van der Waals surface area contributed by atoms with Gasteiger partial charge in [-0.05, 0) is 48.5 Å². The third-order valence-electron chi connectivity index (χ3n) is 4.50. The Labute approximate surface area is 185 Å². The van der Waals surface area contributed by atoms with Crippen LogP contribution in [0.25, 0.3) is 0 Å². The van der Waals surface area contributed by atoms with Gasteiger partial charge in [0.15, 0.2) is 0 Å². The van der Waals surface area contributed by atoms with Gasteiger partial charge in [0, 0.05) is 6.42 Å². The molecule has 0 aliphatic heterocycles. The zero-order valence-corrected chi connectivity index (χ0v) is 18.7. The summed E-state index contributed by atoms with van der Waals surface area (Å²) in [5, 5.41) is 17.1. The maximum absolute atomic E-state index is 13.1. The number of hydrogen-bond acceptors (Lipinski definition) is 5. The Balaban J connectivity index is 2.90. The van der Waals surface area contributed by atoms with E-state index in [2.05, 4.69) is 16.0 Å². The minimum Gasteiger partial charge on any atom is -0.480 e. The van der Waals surface area contributed by atoms with Crippen molar-refractivity contribution in [2.45, 2.75) is 51.2 Å². The van der Waals surface area contributed by atoms with Crippen LogP contribution in [0.15, 0.2) is 24.3 Å². The number of halogens is 1. The summed E-state index contributed by atoms with van der Waals surface area (Å²) in [5.41, 5.74) is 0.547. The lowest BCUT2D eigenvalue weighted by Crippen LogP contribution is -2.55. The highest BCUT2D eigenvalue weighted by atomic mass is 32.2. The highest BCUT2D eigenvalue weighted by Gasteiger charge is 2.29. The van der Waals surface area contributed by atoms with Crippen molar-refractivity contribution in [2.75, 3.05) is 12.0 Å². The maximum atomic E-state index is 13.1. The molecule has 0 unspecified atom stereocenters. The number of benzene rings is 1. The van der Waals surface area contributed by atoms with Crippen LogP contribution >= 0.6 is 11.8 Å². The number of carboxylic acid groups (broad SMARTS) is 1. The van der Waals surface area contributed by atoms with E-state index in [1.807, 2.05) is 20.1 Å². The first-order chi connectivity index (χ1) is 14.7. The third kappa shape index (κ3) is 9.82. The summed E-state index contributed by atoms with van der Waals surface area (Å²) in [5.74, 6) is -2.15. The number of nitrogens with one attached hydrogen (secondary N) is 3. The number of rotatable bonds is 14. The van der Waals surface area contributed by atoms with Crippen LogP contribution in [0.3, 0.4) is 0 Å². The largest absolute Gasteiger partial charge is 0.480 e. The molecular formula is C21H30FN3O5S. The molecule has 8 nitrogen and oxygen atoms in total. The zero-order chi connectivity index (χ0) is 23.4. The average Bonchev–Trinajstić information content (AvgIpc) is 2.71. The second-order valence-electron chi connectivity index (χ2n) is 7.54. The Hall–Kier alpha value is -2.62. The average molecular weight is 458 g/mol. The van der Waals surface area contributed by atoms with Gasteiger partial charge in [0.05, 0.1) is 0 Å². The van der Waals surface area contributed by atoms with E-state index in [1.165, 1.54) is 36.0 Å². The molecule has 10 heteroatoms. The third-order valence-corrected chi connectivity index (χ3v) is 5.15. The molecule has 0 bridgehead atoms. The van der Waals surface area contributed by atoms with Crippen LogP contribution in [0.4, 0.5) is 4.39 Å². The van der Waals surface area contributed by atoms with E-state index in [4.69, 9.17) is 0 Å². The van der Waals surface area contributed by atoms with Gasteiger partial charge in [0.25, 0.3) is 0 Å². The Bertz CT molecular complexity index is 745. The van der Waals surface area contributed by atoms with Crippen molar-refractivity contribution in [3.05, 3.63) is 35.6 Å². The first-order valence-corrected chi connectivity index (χ1v) is 11.3. The van der Waals surface area contributed by atoms with E-state index in [-0.39, 0.29) is 18.8 Å². The van der Waals surface area contributed by atoms with Gasteiger partial charge < -0.3 is 21.1 Å². The molecule has 172 valence electrons. The molecule has 0 aliphatic rings. The van der Waals surface area contributed by atoms with E-state index in [0.29, 0.717) is 24.1 Å². The highest BCUT2D eigenvalue weighted by molar-refractivity contribution is 7.98. The van der Waals surface area contributed by atoms with E-state index in [9.17, 15) is 28.7 Å². The fourth-order valence-electron chi connectivity index (χ4n) is 2.91. The Morgan fingerprint density at radius 1 is 1.06 bits per heavy atom. The molecule has 4 N–H and O–H groups in total. The Kier molecular flexibility index (Phi) is 11.6. The predicted molar refractivity (Wildman–Crippen MR) is 117 cm³/mol. The van der Waals surface area contributed by atoms with Gasteiger partial charge in [-0.25, -0.2) is 9.18 Å². The van der Waals surface area contributed by atoms with Gasteiger partial charge in [-0.1, -0.05) is 26.0 Å². The second-order valence-corrected chi connectivity index (χ2v) is 8.52. The van der Waals surface area contributed by atoms with Crippen LogP contribution in [0.5, 0.6) is 0 Å². The molecule has 0 radical (unpaired) electrons. The monoisotopic (exact) mass is 457 g/mol. The summed E-state index contributed by atoms with van der Waals surface area (Å²) in [4.78, 5) is 47.9. The fraction of sp³-hybridized carbons (Fsp3) is 0.524. The molecule has 3 atom stereocenters. The normalized spacial score (nSPS) is 13.7. The summed E-state index contributed by atoms with van der Waals surface area (Å²) < 4.78 is 13.1. The standard InChI is InChI=1S/C21H30FN3O5S/c1-13(2)10-17(24-19(27)16(23-12-26)8-9-31-3)20(28)25-18(21(29)30)11-14-4-6-15(22)7-5-14/h4-7,12-13,16-18H,8-11H2,1-3H3,(H,23,26)(H,24,27)(H,25,28)(H,29,30)/t16-,17-,18-/m0/s1/i20+1,22+0,24+1. The molecule has 0 saturated carbocycles. The molecule has 0 spiro atoms. The summed E-state index contributed by atoms with van der Waals surface area (Å²) in [6.07, 6.45) is 2.96. The molecule has 0 fully saturated rings. The summed E-state index contributed by atoms with van der Waals surface area (Å²) in [7, 11) is 0. The Morgan fingerprint density at radius 3 is 2.16 bits per heavy atom. The first-order valence-electron chi connectivity index (χ1n) is 9.94. The lowest BCUT2D eigenvalue weighted by Gasteiger charge is -2.25. The summed E-state index contributed by atoms with van der Waals surface area (Å²) in [6, 6.07) is 2.33. The maximum Gasteiger partial charge on any atom is 0.326 e. The van der Waals surface area contributed by atoms with Crippen LogP contribution in [-0.2, 0) is 25.6 Å². The molecule has 0 heterocycles. The van der Waals surface area contributed by atoms with Gasteiger partial charge in [-0.2, -0.15) is 11.8 Å². The number of aliphatic carboxylic acids is 1. The number of hydrogen-bond donors (Lipinski definition) is 4. The molecule has 1 aromatic carbocycles. The van der Waals surface area contributed by atoms with Gasteiger partial charge in [-0.15, -0.1) is 0 Å². The second kappa shape index (κ2) is 13.6. The first kappa shape index (κ1) is 26.4. The van der Waals surface area contributed by atoms with Crippen molar-refractivity contribution < 1.29 is 28.7 Å². The van der Waals surface area contributed by atoms with Crippen LogP contribution < -0.4 is 16.0 Å². The lowest BCUT2D eigenvalue weighted by atomic mass is 10.1. The van der Waals surface area contributed by atoms with Crippen LogP contribution in [0, 0.1) is 11.7 Å². The summed E-state index contributed by atoms with van der Waals surface area (Å²) in [6.45, 7) is 3.74. The highest BCUT2D eigenvalue weighted by Crippen LogP contribution is 2.10. The van der Waals surface area contributed by atoms with Gasteiger partial charge >= 0.3 is 5.97 Å². The molecule has 0 aromatic heterocycles. The van der Waals surface area contributed by atoms with Gasteiger partial charge in [0.1, 0.15) is 23.9 Å². The van der Waals surface area contributed by atoms with E-state index >= 15 is 0 Å². The summed E-state index contributed by atoms with van der Waals surface area (Å²) >= 11 is 1.52. The smallest absolute Gasteiger partial charge is 0.326 e. The zero-order valence-electron chi connectivity index (χ0n) is 17.9. The van der Waals surface area contributed by atoms with E-state index < -0.39 is 41.7 Å². The van der Waals surface area contributed by atoms with Crippen molar-refractivity contribution in [1.82, 2.24) is 16.0 Å². The lowest BCUT2D eigenvalue weighted by molar-refractivity contribution is -0.142. The van der Waals surface area contributed by atoms with Crippen molar-refractivity contribution in [2.24, 2.45) is 5.92 Å². The van der Waals surface area contributed by atoms with Crippen molar-refractivity contribution >= 4 is 36.0 Å². The molecule has 1 aromatic rings. The topological polar surface area (TPSA) is 125 Å².